The largest absolute Gasteiger partial charge is 0.308 e. The zero-order valence-corrected chi connectivity index (χ0v) is 13.1. The van der Waals surface area contributed by atoms with Crippen molar-refractivity contribution in [1.82, 2.24) is 9.97 Å². The van der Waals surface area contributed by atoms with Crippen LogP contribution in [0.5, 0.6) is 0 Å². The summed E-state index contributed by atoms with van der Waals surface area (Å²) in [6.45, 7) is 3.88. The molecule has 0 aliphatic carbocycles. The number of hydrazine groups is 1. The topological polar surface area (TPSA) is 63.8 Å². The van der Waals surface area contributed by atoms with Crippen LogP contribution < -0.4 is 11.3 Å². The molecule has 0 aliphatic heterocycles. The van der Waals surface area contributed by atoms with Crippen molar-refractivity contribution in [2.75, 3.05) is 5.43 Å². The highest BCUT2D eigenvalue weighted by Gasteiger charge is 2.09. The molecule has 1 aromatic carbocycles. The molecule has 0 fully saturated rings. The number of halogens is 2. The number of benzene rings is 1. The molecule has 0 amide bonds. The summed E-state index contributed by atoms with van der Waals surface area (Å²) in [5.74, 6) is 6.77. The SMILES string of the molecule is Cc1nc(-c2ccc(Br)c(Br)c2)nc(NN)c1C. The van der Waals surface area contributed by atoms with E-state index >= 15 is 0 Å². The van der Waals surface area contributed by atoms with Gasteiger partial charge in [-0.2, -0.15) is 0 Å². The highest BCUT2D eigenvalue weighted by Crippen LogP contribution is 2.28. The van der Waals surface area contributed by atoms with Gasteiger partial charge < -0.3 is 5.43 Å². The van der Waals surface area contributed by atoms with Gasteiger partial charge in [0, 0.05) is 25.8 Å². The Morgan fingerprint density at radius 1 is 1.11 bits per heavy atom. The second kappa shape index (κ2) is 5.34. The first-order valence-corrected chi connectivity index (χ1v) is 6.89. The molecule has 3 N–H and O–H groups in total. The molecule has 94 valence electrons. The Kier molecular flexibility index (Phi) is 3.99. The van der Waals surface area contributed by atoms with Gasteiger partial charge in [-0.25, -0.2) is 15.8 Å². The first-order valence-electron chi connectivity index (χ1n) is 5.30. The molecule has 0 spiro atoms. The van der Waals surface area contributed by atoms with Gasteiger partial charge in [0.2, 0.25) is 0 Å². The average molecular weight is 372 g/mol. The van der Waals surface area contributed by atoms with Gasteiger partial charge in [0.1, 0.15) is 5.82 Å². The normalized spacial score (nSPS) is 10.5. The average Bonchev–Trinajstić information content (AvgIpc) is 2.36. The Morgan fingerprint density at radius 3 is 2.44 bits per heavy atom. The van der Waals surface area contributed by atoms with Crippen molar-refractivity contribution in [1.29, 1.82) is 0 Å². The predicted octanol–water partition coefficient (Wildman–Crippen LogP) is 3.57. The maximum absolute atomic E-state index is 5.46. The molecule has 0 saturated heterocycles. The molecule has 0 bridgehead atoms. The van der Waals surface area contributed by atoms with Crippen LogP contribution in [0.2, 0.25) is 0 Å². The molecular weight excluding hydrogens is 360 g/mol. The molecule has 0 unspecified atom stereocenters. The summed E-state index contributed by atoms with van der Waals surface area (Å²) in [6, 6.07) is 5.88. The minimum Gasteiger partial charge on any atom is -0.308 e. The Labute approximate surface area is 122 Å². The quantitative estimate of drug-likeness (QED) is 0.625. The van der Waals surface area contributed by atoms with Crippen LogP contribution in [0.4, 0.5) is 5.82 Å². The predicted molar refractivity (Wildman–Crippen MR) is 80.2 cm³/mol. The van der Waals surface area contributed by atoms with E-state index in [1.54, 1.807) is 0 Å². The van der Waals surface area contributed by atoms with Crippen LogP contribution in [0.15, 0.2) is 27.1 Å². The number of rotatable bonds is 2. The van der Waals surface area contributed by atoms with Gasteiger partial charge in [-0.3, -0.25) is 0 Å². The lowest BCUT2D eigenvalue weighted by Crippen LogP contribution is -2.12. The standard InChI is InChI=1S/C12H12Br2N4/c1-6-7(2)16-12(17-11(6)18-15)8-3-4-9(13)10(14)5-8/h3-5H,15H2,1-2H3,(H,16,17,18). The molecule has 2 aromatic rings. The Hall–Kier alpha value is -0.980. The van der Waals surface area contributed by atoms with Gasteiger partial charge in [-0.05, 0) is 63.9 Å². The van der Waals surface area contributed by atoms with Crippen molar-refractivity contribution in [2.45, 2.75) is 13.8 Å². The van der Waals surface area contributed by atoms with Gasteiger partial charge >= 0.3 is 0 Å². The molecule has 6 heteroatoms. The molecule has 0 atom stereocenters. The van der Waals surface area contributed by atoms with E-state index in [-0.39, 0.29) is 0 Å². The smallest absolute Gasteiger partial charge is 0.161 e. The zero-order chi connectivity index (χ0) is 13.3. The van der Waals surface area contributed by atoms with Gasteiger partial charge in [0.25, 0.3) is 0 Å². The first-order chi connectivity index (χ1) is 8.52. The molecular formula is C12H12Br2N4. The van der Waals surface area contributed by atoms with Crippen LogP contribution in [-0.2, 0) is 0 Å². The van der Waals surface area contributed by atoms with E-state index in [9.17, 15) is 0 Å². The third-order valence-corrected chi connectivity index (χ3v) is 4.58. The van der Waals surface area contributed by atoms with E-state index in [2.05, 4.69) is 47.3 Å². The summed E-state index contributed by atoms with van der Waals surface area (Å²) in [7, 11) is 0. The summed E-state index contributed by atoms with van der Waals surface area (Å²) in [4.78, 5) is 8.89. The van der Waals surface area contributed by atoms with Crippen LogP contribution in [-0.4, -0.2) is 9.97 Å². The van der Waals surface area contributed by atoms with Crippen molar-refractivity contribution in [3.63, 3.8) is 0 Å². The second-order valence-corrected chi connectivity index (χ2v) is 5.59. The number of aromatic nitrogens is 2. The number of hydrogen-bond acceptors (Lipinski definition) is 4. The Balaban J connectivity index is 2.57. The van der Waals surface area contributed by atoms with E-state index < -0.39 is 0 Å². The van der Waals surface area contributed by atoms with E-state index in [1.165, 1.54) is 0 Å². The van der Waals surface area contributed by atoms with Gasteiger partial charge in [-0.1, -0.05) is 0 Å². The summed E-state index contributed by atoms with van der Waals surface area (Å²) < 4.78 is 1.95. The van der Waals surface area contributed by atoms with Crippen LogP contribution in [0.3, 0.4) is 0 Å². The van der Waals surface area contributed by atoms with Crippen molar-refractivity contribution >= 4 is 37.7 Å². The third-order valence-electron chi connectivity index (χ3n) is 2.70. The van der Waals surface area contributed by atoms with E-state index in [0.717, 1.165) is 25.8 Å². The van der Waals surface area contributed by atoms with Crippen molar-refractivity contribution < 1.29 is 0 Å². The number of anilines is 1. The third kappa shape index (κ3) is 2.55. The van der Waals surface area contributed by atoms with Crippen LogP contribution >= 0.6 is 31.9 Å². The summed E-state index contributed by atoms with van der Waals surface area (Å²) in [6.07, 6.45) is 0. The van der Waals surface area contributed by atoms with Gasteiger partial charge in [0.15, 0.2) is 5.82 Å². The molecule has 18 heavy (non-hydrogen) atoms. The molecule has 1 aromatic heterocycles. The molecule has 4 nitrogen and oxygen atoms in total. The zero-order valence-electron chi connectivity index (χ0n) is 9.96. The first kappa shape index (κ1) is 13.5. The molecule has 0 radical (unpaired) electrons. The lowest BCUT2D eigenvalue weighted by Gasteiger charge is -2.10. The van der Waals surface area contributed by atoms with Gasteiger partial charge in [0.05, 0.1) is 0 Å². The molecule has 1 heterocycles. The van der Waals surface area contributed by atoms with Crippen molar-refractivity contribution in [3.05, 3.63) is 38.4 Å². The monoisotopic (exact) mass is 370 g/mol. The fourth-order valence-corrected chi connectivity index (χ4v) is 2.16. The number of hydrogen-bond donors (Lipinski definition) is 2. The Bertz CT molecular complexity index is 599. The number of nitrogens with zero attached hydrogens (tertiary/aromatic N) is 2. The second-order valence-electron chi connectivity index (χ2n) is 3.88. The number of nitrogens with two attached hydrogens (primary N) is 1. The van der Waals surface area contributed by atoms with Crippen LogP contribution in [0.25, 0.3) is 11.4 Å². The van der Waals surface area contributed by atoms with Crippen molar-refractivity contribution in [3.8, 4) is 11.4 Å². The molecule has 0 aliphatic rings. The summed E-state index contributed by atoms with van der Waals surface area (Å²) in [5.41, 5.74) is 5.40. The fourth-order valence-electron chi connectivity index (χ4n) is 1.53. The lowest BCUT2D eigenvalue weighted by molar-refractivity contribution is 1.06. The minimum absolute atomic E-state index is 0.650. The number of nitrogen functional groups attached to an aromatic ring is 1. The van der Waals surface area contributed by atoms with E-state index in [1.807, 2.05) is 32.0 Å². The van der Waals surface area contributed by atoms with Crippen LogP contribution in [0, 0.1) is 13.8 Å². The van der Waals surface area contributed by atoms with Crippen LogP contribution in [0.1, 0.15) is 11.3 Å². The minimum atomic E-state index is 0.650. The molecule has 0 saturated carbocycles. The summed E-state index contributed by atoms with van der Waals surface area (Å²) in [5, 5.41) is 0. The van der Waals surface area contributed by atoms with Gasteiger partial charge in [-0.15, -0.1) is 0 Å². The maximum atomic E-state index is 5.46. The summed E-state index contributed by atoms with van der Waals surface area (Å²) >= 11 is 6.91. The van der Waals surface area contributed by atoms with E-state index in [4.69, 9.17) is 5.84 Å². The lowest BCUT2D eigenvalue weighted by atomic mass is 10.2. The highest BCUT2D eigenvalue weighted by atomic mass is 79.9. The van der Waals surface area contributed by atoms with Crippen molar-refractivity contribution in [2.24, 2.45) is 5.84 Å². The highest BCUT2D eigenvalue weighted by molar-refractivity contribution is 9.13. The number of aryl methyl sites for hydroxylation is 1. The fraction of sp³-hybridized carbons (Fsp3) is 0.167. The number of nitrogens with one attached hydrogen (secondary N) is 1. The maximum Gasteiger partial charge on any atom is 0.161 e. The molecule has 2 rings (SSSR count). The van der Waals surface area contributed by atoms with E-state index in [0.29, 0.717) is 11.6 Å². The Morgan fingerprint density at radius 2 is 1.83 bits per heavy atom.